The molecule has 0 radical (unpaired) electrons. The van der Waals surface area contributed by atoms with Crippen LogP contribution in [0.3, 0.4) is 0 Å². The van der Waals surface area contributed by atoms with Crippen LogP contribution in [0.15, 0.2) is 36.5 Å². The molecule has 0 bridgehead atoms. The number of benzene rings is 1. The second-order valence-corrected chi connectivity index (χ2v) is 5.78. The van der Waals surface area contributed by atoms with Crippen LogP contribution < -0.4 is 15.5 Å². The summed E-state index contributed by atoms with van der Waals surface area (Å²) in [6.07, 6.45) is 2.67. The van der Waals surface area contributed by atoms with Gasteiger partial charge >= 0.3 is 0 Å². The first-order valence-electron chi connectivity index (χ1n) is 8.61. The lowest BCUT2D eigenvalue weighted by atomic mass is 10.2. The van der Waals surface area contributed by atoms with E-state index >= 15 is 0 Å². The van der Waals surface area contributed by atoms with Crippen LogP contribution >= 0.6 is 0 Å². The summed E-state index contributed by atoms with van der Waals surface area (Å²) in [6.45, 7) is 4.82. The highest BCUT2D eigenvalue weighted by Gasteiger charge is 2.14. The van der Waals surface area contributed by atoms with Gasteiger partial charge in [0.25, 0.3) is 0 Å². The molecule has 0 saturated carbocycles. The van der Waals surface area contributed by atoms with Crippen molar-refractivity contribution in [2.75, 3.05) is 62.1 Å². The Bertz CT molecular complexity index is 661. The van der Waals surface area contributed by atoms with E-state index in [1.165, 1.54) is 5.69 Å². The van der Waals surface area contributed by atoms with Gasteiger partial charge in [0.15, 0.2) is 0 Å². The molecule has 7 nitrogen and oxygen atoms in total. The zero-order chi connectivity index (χ0) is 17.3. The third-order valence-corrected chi connectivity index (χ3v) is 3.98. The molecule has 1 aromatic heterocycles. The molecule has 1 aliphatic rings. The van der Waals surface area contributed by atoms with Gasteiger partial charge in [-0.1, -0.05) is 12.1 Å². The number of nitrogens with zero attached hydrogens (tertiary/aromatic N) is 3. The van der Waals surface area contributed by atoms with E-state index in [4.69, 9.17) is 9.47 Å². The van der Waals surface area contributed by atoms with Crippen molar-refractivity contribution in [1.82, 2.24) is 9.97 Å². The van der Waals surface area contributed by atoms with Gasteiger partial charge in [-0.05, 0) is 24.6 Å². The Labute approximate surface area is 148 Å². The summed E-state index contributed by atoms with van der Waals surface area (Å²) in [4.78, 5) is 11.1. The predicted octanol–water partition coefficient (Wildman–Crippen LogP) is 2.51. The van der Waals surface area contributed by atoms with Crippen LogP contribution in [-0.2, 0) is 9.47 Å². The van der Waals surface area contributed by atoms with Crippen molar-refractivity contribution in [3.63, 3.8) is 0 Å². The minimum Gasteiger partial charge on any atom is -0.385 e. The van der Waals surface area contributed by atoms with Crippen molar-refractivity contribution in [3.05, 3.63) is 36.5 Å². The van der Waals surface area contributed by atoms with Gasteiger partial charge in [0.1, 0.15) is 5.82 Å². The van der Waals surface area contributed by atoms with E-state index in [9.17, 15) is 0 Å². The van der Waals surface area contributed by atoms with Crippen molar-refractivity contribution < 1.29 is 9.47 Å². The van der Waals surface area contributed by atoms with Crippen molar-refractivity contribution in [1.29, 1.82) is 0 Å². The fourth-order valence-electron chi connectivity index (χ4n) is 2.73. The average molecular weight is 343 g/mol. The van der Waals surface area contributed by atoms with E-state index in [1.54, 1.807) is 13.3 Å². The summed E-state index contributed by atoms with van der Waals surface area (Å²) < 4.78 is 10.5. The average Bonchev–Trinajstić information content (AvgIpc) is 2.67. The number of hydrogen-bond donors (Lipinski definition) is 2. The number of rotatable bonds is 8. The fourth-order valence-corrected chi connectivity index (χ4v) is 2.73. The number of ether oxygens (including phenoxy) is 2. The first kappa shape index (κ1) is 17.4. The van der Waals surface area contributed by atoms with Gasteiger partial charge in [-0.25, -0.2) is 4.98 Å². The van der Waals surface area contributed by atoms with Gasteiger partial charge in [0.05, 0.1) is 24.6 Å². The minimum absolute atomic E-state index is 0.616. The van der Waals surface area contributed by atoms with Crippen molar-refractivity contribution >= 4 is 23.1 Å². The molecule has 1 fully saturated rings. The molecule has 1 aromatic carbocycles. The number of anilines is 4. The Balaban J connectivity index is 1.68. The molecule has 2 N–H and O–H groups in total. The summed E-state index contributed by atoms with van der Waals surface area (Å²) >= 11 is 0. The van der Waals surface area contributed by atoms with E-state index in [0.717, 1.165) is 57.4 Å². The Hall–Kier alpha value is -2.38. The van der Waals surface area contributed by atoms with Crippen LogP contribution in [0.1, 0.15) is 6.42 Å². The summed E-state index contributed by atoms with van der Waals surface area (Å²) in [5.41, 5.74) is 2.20. The second kappa shape index (κ2) is 9.19. The first-order chi connectivity index (χ1) is 12.4. The molecule has 134 valence electrons. The normalized spacial score (nSPS) is 14.4. The highest BCUT2D eigenvalue weighted by atomic mass is 16.5. The van der Waals surface area contributed by atoms with Crippen LogP contribution in [-0.4, -0.2) is 56.5 Å². The highest BCUT2D eigenvalue weighted by molar-refractivity contribution is 5.74. The number of methoxy groups -OCH3 is 1. The van der Waals surface area contributed by atoms with E-state index in [-0.39, 0.29) is 0 Å². The fraction of sp³-hybridized carbons (Fsp3) is 0.444. The molecule has 0 spiro atoms. The van der Waals surface area contributed by atoms with Crippen LogP contribution in [0.25, 0.3) is 0 Å². The summed E-state index contributed by atoms with van der Waals surface area (Å²) in [5.74, 6) is 1.38. The van der Waals surface area contributed by atoms with Crippen molar-refractivity contribution in [2.24, 2.45) is 0 Å². The molecule has 1 aliphatic heterocycles. The third kappa shape index (κ3) is 5.04. The molecular formula is C18H25N5O2. The quantitative estimate of drug-likeness (QED) is 0.714. The topological polar surface area (TPSA) is 71.5 Å². The van der Waals surface area contributed by atoms with Crippen LogP contribution in [0, 0.1) is 0 Å². The zero-order valence-corrected chi connectivity index (χ0v) is 14.6. The smallest absolute Gasteiger partial charge is 0.224 e. The molecule has 0 atom stereocenters. The first-order valence-corrected chi connectivity index (χ1v) is 8.61. The van der Waals surface area contributed by atoms with Gasteiger partial charge in [-0.3, -0.25) is 0 Å². The molecule has 3 rings (SSSR count). The van der Waals surface area contributed by atoms with E-state index in [0.29, 0.717) is 5.95 Å². The maximum atomic E-state index is 5.45. The SMILES string of the molecule is COCCCNc1nccc(Nc2ccccc2N2CCOCC2)n1. The van der Waals surface area contributed by atoms with Crippen LogP contribution in [0.2, 0.25) is 0 Å². The second-order valence-electron chi connectivity index (χ2n) is 5.78. The van der Waals surface area contributed by atoms with Gasteiger partial charge in [-0.15, -0.1) is 0 Å². The maximum Gasteiger partial charge on any atom is 0.224 e. The predicted molar refractivity (Wildman–Crippen MR) is 99.8 cm³/mol. The zero-order valence-electron chi connectivity index (χ0n) is 14.6. The number of para-hydroxylation sites is 2. The maximum absolute atomic E-state index is 5.45. The number of hydrogen-bond acceptors (Lipinski definition) is 7. The summed E-state index contributed by atoms with van der Waals surface area (Å²) in [6, 6.07) is 10.1. The summed E-state index contributed by atoms with van der Waals surface area (Å²) in [5, 5.41) is 6.63. The van der Waals surface area contributed by atoms with E-state index < -0.39 is 0 Å². The standard InChI is InChI=1S/C18H25N5O2/c1-24-12-4-8-19-18-20-9-7-17(22-18)21-15-5-2-3-6-16(15)23-10-13-25-14-11-23/h2-3,5-7,9H,4,8,10-14H2,1H3,(H2,19,20,21,22). The molecule has 2 heterocycles. The number of aromatic nitrogens is 2. The molecular weight excluding hydrogens is 318 g/mol. The Morgan fingerprint density at radius 2 is 2.04 bits per heavy atom. The van der Waals surface area contributed by atoms with Crippen molar-refractivity contribution in [2.45, 2.75) is 6.42 Å². The lowest BCUT2D eigenvalue weighted by Crippen LogP contribution is -2.36. The minimum atomic E-state index is 0.616. The highest BCUT2D eigenvalue weighted by Crippen LogP contribution is 2.28. The van der Waals surface area contributed by atoms with Gasteiger partial charge in [-0.2, -0.15) is 4.98 Å². The largest absolute Gasteiger partial charge is 0.385 e. The van der Waals surface area contributed by atoms with Gasteiger partial charge in [0, 0.05) is 39.5 Å². The van der Waals surface area contributed by atoms with Gasteiger partial charge < -0.3 is 25.0 Å². The lowest BCUT2D eigenvalue weighted by Gasteiger charge is -2.30. The molecule has 2 aromatic rings. The van der Waals surface area contributed by atoms with Crippen molar-refractivity contribution in [3.8, 4) is 0 Å². The third-order valence-electron chi connectivity index (χ3n) is 3.98. The number of nitrogens with one attached hydrogen (secondary N) is 2. The molecule has 7 heteroatoms. The number of morpholine rings is 1. The molecule has 0 unspecified atom stereocenters. The Kier molecular flexibility index (Phi) is 6.42. The van der Waals surface area contributed by atoms with Crippen LogP contribution in [0.5, 0.6) is 0 Å². The Morgan fingerprint density at radius 1 is 1.20 bits per heavy atom. The summed E-state index contributed by atoms with van der Waals surface area (Å²) in [7, 11) is 1.70. The monoisotopic (exact) mass is 343 g/mol. The van der Waals surface area contributed by atoms with E-state index in [2.05, 4.69) is 43.7 Å². The molecule has 0 amide bonds. The lowest BCUT2D eigenvalue weighted by molar-refractivity contribution is 0.123. The Morgan fingerprint density at radius 3 is 2.88 bits per heavy atom. The van der Waals surface area contributed by atoms with Crippen LogP contribution in [0.4, 0.5) is 23.1 Å². The molecule has 1 saturated heterocycles. The van der Waals surface area contributed by atoms with E-state index in [1.807, 2.05) is 12.1 Å². The van der Waals surface area contributed by atoms with Gasteiger partial charge in [0.2, 0.25) is 5.95 Å². The molecule has 25 heavy (non-hydrogen) atoms. The molecule has 0 aliphatic carbocycles.